The number of benzene rings is 1. The maximum absolute atomic E-state index is 12.3. The van der Waals surface area contributed by atoms with Crippen LogP contribution in [0.5, 0.6) is 5.75 Å². The number of carbonyl (C=O) groups is 1. The van der Waals surface area contributed by atoms with Gasteiger partial charge in [-0.25, -0.2) is 4.79 Å². The highest BCUT2D eigenvalue weighted by Crippen LogP contribution is 2.44. The smallest absolute Gasteiger partial charge is 0.410 e. The number of aromatic nitrogens is 1. The van der Waals surface area contributed by atoms with E-state index in [1.54, 1.807) is 35.6 Å². The van der Waals surface area contributed by atoms with Crippen molar-refractivity contribution in [3.8, 4) is 5.75 Å². The number of piperidine rings is 1. The Morgan fingerprint density at radius 2 is 2.03 bits per heavy atom. The summed E-state index contributed by atoms with van der Waals surface area (Å²) in [6.07, 6.45) is 5.41. The minimum atomic E-state index is -0.501. The van der Waals surface area contributed by atoms with Crippen LogP contribution in [0, 0.1) is 0 Å². The molecule has 154 valence electrons. The number of amides is 1. The molecule has 2 aliphatic rings. The third-order valence-electron chi connectivity index (χ3n) is 5.42. The molecule has 6 nitrogen and oxygen atoms in total. The fourth-order valence-corrected chi connectivity index (χ4v) is 4.20. The fourth-order valence-electron chi connectivity index (χ4n) is 3.88. The molecule has 1 aromatic carbocycles. The Balaban J connectivity index is 1.47. The van der Waals surface area contributed by atoms with Crippen molar-refractivity contribution in [3.63, 3.8) is 0 Å². The first-order chi connectivity index (χ1) is 13.7. The predicted molar refractivity (Wildman–Crippen MR) is 112 cm³/mol. The monoisotopic (exact) mass is 416 g/mol. The zero-order valence-corrected chi connectivity index (χ0v) is 17.6. The summed E-state index contributed by atoms with van der Waals surface area (Å²) in [7, 11) is 0. The lowest BCUT2D eigenvalue weighted by atomic mass is 9.85. The number of phenols is 1. The number of nitrogens with zero attached hydrogens (tertiary/aromatic N) is 2. The second-order valence-corrected chi connectivity index (χ2v) is 9.15. The Bertz CT molecular complexity index is 988. The summed E-state index contributed by atoms with van der Waals surface area (Å²) in [5.74, 6) is 0.154. The molecular formula is C22H25ClN2O4. The third kappa shape index (κ3) is 3.99. The standard InChI is InChI=1S/C22H25ClN2O4/c1-21(2,3)29-20(27)25-8-6-22(7-9-25)11-14(13-28-22)17-12-24-18-5-4-15(26)10-16(18)19(17)23/h4-5,10,12-13,26H,6-9,11H2,1-3H3. The number of hydrogen-bond acceptors (Lipinski definition) is 5. The van der Waals surface area contributed by atoms with E-state index >= 15 is 0 Å². The molecule has 29 heavy (non-hydrogen) atoms. The molecule has 0 unspecified atom stereocenters. The molecule has 0 radical (unpaired) electrons. The minimum absolute atomic E-state index is 0.154. The van der Waals surface area contributed by atoms with Crippen LogP contribution < -0.4 is 0 Å². The van der Waals surface area contributed by atoms with E-state index in [0.717, 1.165) is 29.5 Å². The van der Waals surface area contributed by atoms with Gasteiger partial charge in [0.2, 0.25) is 0 Å². The number of phenolic OH excluding ortho intramolecular Hbond substituents is 1. The average Bonchev–Trinajstić information content (AvgIpc) is 3.05. The Kier molecular flexibility index (Phi) is 4.85. The summed E-state index contributed by atoms with van der Waals surface area (Å²) in [6, 6.07) is 4.96. The van der Waals surface area contributed by atoms with Crippen molar-refractivity contribution in [1.29, 1.82) is 0 Å². The van der Waals surface area contributed by atoms with Crippen molar-refractivity contribution in [3.05, 3.63) is 41.2 Å². The van der Waals surface area contributed by atoms with Crippen LogP contribution in [0.4, 0.5) is 4.79 Å². The van der Waals surface area contributed by atoms with Gasteiger partial charge in [-0.1, -0.05) is 11.6 Å². The van der Waals surface area contributed by atoms with Gasteiger partial charge in [0, 0.05) is 55.1 Å². The van der Waals surface area contributed by atoms with Gasteiger partial charge < -0.3 is 19.5 Å². The molecule has 1 fully saturated rings. The minimum Gasteiger partial charge on any atom is -0.508 e. The molecule has 2 aliphatic heterocycles. The van der Waals surface area contributed by atoms with E-state index < -0.39 is 5.60 Å². The lowest BCUT2D eigenvalue weighted by Crippen LogP contribution is -2.47. The zero-order chi connectivity index (χ0) is 20.8. The Morgan fingerprint density at radius 1 is 1.31 bits per heavy atom. The Labute approximate surface area is 175 Å². The van der Waals surface area contributed by atoms with E-state index in [2.05, 4.69) is 4.98 Å². The number of rotatable bonds is 1. The maximum atomic E-state index is 12.3. The summed E-state index contributed by atoms with van der Waals surface area (Å²) >= 11 is 6.63. The molecular weight excluding hydrogens is 392 g/mol. The number of likely N-dealkylation sites (tertiary alicyclic amines) is 1. The molecule has 1 amide bonds. The third-order valence-corrected chi connectivity index (χ3v) is 5.83. The van der Waals surface area contributed by atoms with Gasteiger partial charge in [0.25, 0.3) is 0 Å². The van der Waals surface area contributed by atoms with Crippen molar-refractivity contribution in [2.24, 2.45) is 0 Å². The summed E-state index contributed by atoms with van der Waals surface area (Å²) in [6.45, 7) is 6.79. The molecule has 1 spiro atoms. The maximum Gasteiger partial charge on any atom is 0.410 e. The lowest BCUT2D eigenvalue weighted by molar-refractivity contribution is -0.0276. The van der Waals surface area contributed by atoms with E-state index in [-0.39, 0.29) is 17.4 Å². The van der Waals surface area contributed by atoms with E-state index in [1.165, 1.54) is 0 Å². The van der Waals surface area contributed by atoms with Gasteiger partial charge in [0.15, 0.2) is 0 Å². The van der Waals surface area contributed by atoms with Crippen LogP contribution in [-0.4, -0.2) is 45.4 Å². The molecule has 0 aliphatic carbocycles. The Morgan fingerprint density at radius 3 is 2.72 bits per heavy atom. The van der Waals surface area contributed by atoms with Gasteiger partial charge in [-0.2, -0.15) is 0 Å². The van der Waals surface area contributed by atoms with Crippen LogP contribution in [-0.2, 0) is 9.47 Å². The van der Waals surface area contributed by atoms with Gasteiger partial charge in [-0.15, -0.1) is 0 Å². The molecule has 2 aromatic rings. The van der Waals surface area contributed by atoms with Gasteiger partial charge >= 0.3 is 6.09 Å². The van der Waals surface area contributed by atoms with Gasteiger partial charge in [-0.05, 0) is 39.0 Å². The fraction of sp³-hybridized carbons (Fsp3) is 0.455. The summed E-state index contributed by atoms with van der Waals surface area (Å²) in [4.78, 5) is 18.5. The number of halogens is 1. The van der Waals surface area contributed by atoms with Gasteiger partial charge in [0.1, 0.15) is 17.0 Å². The van der Waals surface area contributed by atoms with Gasteiger partial charge in [-0.3, -0.25) is 4.98 Å². The van der Waals surface area contributed by atoms with E-state index in [0.29, 0.717) is 29.9 Å². The summed E-state index contributed by atoms with van der Waals surface area (Å²) in [5.41, 5.74) is 1.70. The van der Waals surface area contributed by atoms with Crippen molar-refractivity contribution >= 4 is 34.2 Å². The molecule has 1 aromatic heterocycles. The van der Waals surface area contributed by atoms with Crippen molar-refractivity contribution in [2.75, 3.05) is 13.1 Å². The highest BCUT2D eigenvalue weighted by molar-refractivity contribution is 6.37. The van der Waals surface area contributed by atoms with Crippen molar-refractivity contribution in [1.82, 2.24) is 9.88 Å². The second-order valence-electron chi connectivity index (χ2n) is 8.78. The largest absolute Gasteiger partial charge is 0.508 e. The number of fused-ring (bicyclic) bond motifs is 1. The van der Waals surface area contributed by atoms with E-state index in [9.17, 15) is 9.90 Å². The van der Waals surface area contributed by atoms with Crippen LogP contribution in [0.2, 0.25) is 5.02 Å². The van der Waals surface area contributed by atoms with Crippen molar-refractivity contribution in [2.45, 2.75) is 51.2 Å². The predicted octanol–water partition coefficient (Wildman–Crippen LogP) is 5.12. The van der Waals surface area contributed by atoms with Crippen LogP contribution in [0.25, 0.3) is 16.5 Å². The summed E-state index contributed by atoms with van der Waals surface area (Å²) in [5, 5.41) is 11.1. The second kappa shape index (κ2) is 7.10. The molecule has 1 saturated heterocycles. The lowest BCUT2D eigenvalue weighted by Gasteiger charge is -2.39. The van der Waals surface area contributed by atoms with Gasteiger partial charge in [0.05, 0.1) is 16.8 Å². The first-order valence-corrected chi connectivity index (χ1v) is 10.2. The first kappa shape index (κ1) is 19.8. The Hall–Kier alpha value is -2.47. The first-order valence-electron chi connectivity index (χ1n) is 9.78. The van der Waals surface area contributed by atoms with Crippen LogP contribution >= 0.6 is 11.6 Å². The average molecular weight is 417 g/mol. The number of ether oxygens (including phenoxy) is 2. The molecule has 1 N–H and O–H groups in total. The summed E-state index contributed by atoms with van der Waals surface area (Å²) < 4.78 is 11.6. The molecule has 0 bridgehead atoms. The number of hydrogen-bond donors (Lipinski definition) is 1. The number of aromatic hydroxyl groups is 1. The zero-order valence-electron chi connectivity index (χ0n) is 16.9. The topological polar surface area (TPSA) is 71.9 Å². The van der Waals surface area contributed by atoms with Crippen LogP contribution in [0.15, 0.2) is 30.7 Å². The van der Waals surface area contributed by atoms with E-state index in [4.69, 9.17) is 21.1 Å². The molecule has 0 saturated carbocycles. The molecule has 7 heteroatoms. The van der Waals surface area contributed by atoms with Crippen molar-refractivity contribution < 1.29 is 19.4 Å². The number of pyridine rings is 1. The van der Waals surface area contributed by atoms with E-state index in [1.807, 2.05) is 20.8 Å². The molecule has 3 heterocycles. The highest BCUT2D eigenvalue weighted by Gasteiger charge is 2.42. The quantitative estimate of drug-likeness (QED) is 0.698. The normalized spacial score (nSPS) is 18.6. The van der Waals surface area contributed by atoms with Crippen LogP contribution in [0.1, 0.15) is 45.6 Å². The number of carbonyl (C=O) groups excluding carboxylic acids is 1. The van der Waals surface area contributed by atoms with Crippen LogP contribution in [0.3, 0.4) is 0 Å². The molecule has 4 rings (SSSR count). The SMILES string of the molecule is CC(C)(C)OC(=O)N1CCC2(CC1)CC(c1cnc3ccc(O)cc3c1Cl)=CO2. The highest BCUT2D eigenvalue weighted by atomic mass is 35.5. The molecule has 0 atom stereocenters.